The molecule has 0 aliphatic heterocycles. The molecule has 2 aromatic rings. The van der Waals surface area contributed by atoms with Gasteiger partial charge < -0.3 is 9.84 Å². The van der Waals surface area contributed by atoms with E-state index in [4.69, 9.17) is 16.3 Å². The first-order valence-corrected chi connectivity index (χ1v) is 6.41. The van der Waals surface area contributed by atoms with Gasteiger partial charge in [-0.25, -0.2) is 0 Å². The average molecular weight is 278 g/mol. The Balaban J connectivity index is 2.26. The van der Waals surface area contributed by atoms with E-state index in [1.807, 2.05) is 25.1 Å². The molecule has 0 aliphatic rings. The van der Waals surface area contributed by atoms with Crippen LogP contribution in [0.4, 0.5) is 0 Å². The molecule has 0 amide bonds. The summed E-state index contributed by atoms with van der Waals surface area (Å²) in [5, 5.41) is 10.9. The Bertz CT molecular complexity index is 572. The van der Waals surface area contributed by atoms with Gasteiger partial charge in [-0.1, -0.05) is 17.7 Å². The van der Waals surface area contributed by atoms with E-state index >= 15 is 0 Å². The molecule has 0 radical (unpaired) electrons. The number of hydrogen-bond donors (Lipinski definition) is 1. The van der Waals surface area contributed by atoms with Crippen molar-refractivity contribution < 1.29 is 9.84 Å². The van der Waals surface area contributed by atoms with Crippen LogP contribution in [0.1, 0.15) is 22.9 Å². The van der Waals surface area contributed by atoms with Gasteiger partial charge in [0.2, 0.25) is 0 Å². The highest BCUT2D eigenvalue weighted by Crippen LogP contribution is 2.28. The zero-order chi connectivity index (χ0) is 13.8. The lowest BCUT2D eigenvalue weighted by molar-refractivity contribution is 0.171. The van der Waals surface area contributed by atoms with Crippen molar-refractivity contribution >= 4 is 11.6 Å². The minimum Gasteiger partial charge on any atom is -0.496 e. The number of aliphatic hydroxyl groups is 1. The molecule has 0 saturated carbocycles. The number of ether oxygens (including phenoxy) is 1. The normalized spacial score (nSPS) is 12.2. The third-order valence-corrected chi connectivity index (χ3v) is 3.26. The number of pyridine rings is 1. The molecule has 0 spiro atoms. The number of rotatable bonds is 4. The molecule has 1 N–H and O–H groups in total. The van der Waals surface area contributed by atoms with Crippen LogP contribution in [0.3, 0.4) is 0 Å². The van der Waals surface area contributed by atoms with Crippen molar-refractivity contribution in [3.8, 4) is 5.75 Å². The van der Waals surface area contributed by atoms with Crippen molar-refractivity contribution in [3.05, 3.63) is 58.4 Å². The summed E-state index contributed by atoms with van der Waals surface area (Å²) in [5.74, 6) is 0.719. The van der Waals surface area contributed by atoms with Crippen LogP contribution in [0, 0.1) is 6.92 Å². The summed E-state index contributed by atoms with van der Waals surface area (Å²) in [4.78, 5) is 4.23. The first-order valence-electron chi connectivity index (χ1n) is 6.04. The zero-order valence-electron chi connectivity index (χ0n) is 10.9. The monoisotopic (exact) mass is 277 g/mol. The van der Waals surface area contributed by atoms with Gasteiger partial charge in [0.25, 0.3) is 0 Å². The fourth-order valence-electron chi connectivity index (χ4n) is 2.06. The minimum absolute atomic E-state index is 0.418. The van der Waals surface area contributed by atoms with Crippen molar-refractivity contribution in [1.82, 2.24) is 4.98 Å². The van der Waals surface area contributed by atoms with E-state index in [0.717, 1.165) is 16.9 Å². The van der Waals surface area contributed by atoms with Gasteiger partial charge >= 0.3 is 0 Å². The predicted octanol–water partition coefficient (Wildman–Crippen LogP) is 3.33. The molecule has 1 aromatic heterocycles. The molecule has 100 valence electrons. The van der Waals surface area contributed by atoms with Crippen molar-refractivity contribution in [1.29, 1.82) is 0 Å². The number of hydrogen-bond acceptors (Lipinski definition) is 3. The number of halogens is 1. The molecule has 4 heteroatoms. The SMILES string of the molecule is COc1ccc(Cl)cc1CC(O)c1ncccc1C. The van der Waals surface area contributed by atoms with Gasteiger partial charge in [0.05, 0.1) is 12.8 Å². The summed E-state index contributed by atoms with van der Waals surface area (Å²) in [6, 6.07) is 9.16. The Morgan fingerprint density at radius 2 is 2.16 bits per heavy atom. The fourth-order valence-corrected chi connectivity index (χ4v) is 2.25. The molecule has 2 rings (SSSR count). The van der Waals surface area contributed by atoms with Crippen LogP contribution in [-0.4, -0.2) is 17.2 Å². The summed E-state index contributed by atoms with van der Waals surface area (Å²) < 4.78 is 5.28. The summed E-state index contributed by atoms with van der Waals surface area (Å²) >= 11 is 5.98. The second-order valence-corrected chi connectivity index (χ2v) is 4.82. The van der Waals surface area contributed by atoms with Crippen LogP contribution in [0.15, 0.2) is 36.5 Å². The highest BCUT2D eigenvalue weighted by atomic mass is 35.5. The van der Waals surface area contributed by atoms with Gasteiger partial charge in [0, 0.05) is 17.6 Å². The van der Waals surface area contributed by atoms with Crippen molar-refractivity contribution in [2.24, 2.45) is 0 Å². The average Bonchev–Trinajstić information content (AvgIpc) is 2.39. The molecule has 0 saturated heterocycles. The molecule has 19 heavy (non-hydrogen) atoms. The molecule has 0 aliphatic carbocycles. The van der Waals surface area contributed by atoms with Crippen LogP contribution < -0.4 is 4.74 Å². The number of methoxy groups -OCH3 is 1. The van der Waals surface area contributed by atoms with Gasteiger partial charge in [-0.05, 0) is 42.3 Å². The van der Waals surface area contributed by atoms with E-state index in [9.17, 15) is 5.11 Å². The van der Waals surface area contributed by atoms with Crippen LogP contribution in [0.5, 0.6) is 5.75 Å². The van der Waals surface area contributed by atoms with E-state index in [0.29, 0.717) is 17.1 Å². The number of benzene rings is 1. The van der Waals surface area contributed by atoms with Crippen LogP contribution in [0.25, 0.3) is 0 Å². The number of nitrogens with zero attached hydrogens (tertiary/aromatic N) is 1. The van der Waals surface area contributed by atoms with E-state index in [-0.39, 0.29) is 0 Å². The summed E-state index contributed by atoms with van der Waals surface area (Å²) in [5.41, 5.74) is 2.52. The Morgan fingerprint density at radius 1 is 1.37 bits per heavy atom. The standard InChI is InChI=1S/C15H16ClNO2/c1-10-4-3-7-17-15(10)13(18)9-11-8-12(16)5-6-14(11)19-2/h3-8,13,18H,9H2,1-2H3. The maximum absolute atomic E-state index is 10.3. The number of aliphatic hydroxyl groups excluding tert-OH is 1. The van der Waals surface area contributed by atoms with Crippen LogP contribution in [0.2, 0.25) is 5.02 Å². The number of aromatic nitrogens is 1. The van der Waals surface area contributed by atoms with Gasteiger partial charge in [-0.3, -0.25) is 4.98 Å². The third-order valence-electron chi connectivity index (χ3n) is 3.02. The molecule has 1 heterocycles. The number of aryl methyl sites for hydroxylation is 1. The Labute approximate surface area is 117 Å². The van der Waals surface area contributed by atoms with Gasteiger partial charge in [0.1, 0.15) is 11.9 Å². The summed E-state index contributed by atoms with van der Waals surface area (Å²) in [6.07, 6.45) is 1.43. The highest BCUT2D eigenvalue weighted by molar-refractivity contribution is 6.30. The van der Waals surface area contributed by atoms with Crippen molar-refractivity contribution in [2.75, 3.05) is 7.11 Å². The second kappa shape index (κ2) is 6.04. The quantitative estimate of drug-likeness (QED) is 0.932. The van der Waals surface area contributed by atoms with Gasteiger partial charge in [0.15, 0.2) is 0 Å². The summed E-state index contributed by atoms with van der Waals surface area (Å²) in [7, 11) is 1.60. The predicted molar refractivity (Wildman–Crippen MR) is 75.6 cm³/mol. The fraction of sp³-hybridized carbons (Fsp3) is 0.267. The van der Waals surface area contributed by atoms with E-state index in [2.05, 4.69) is 4.98 Å². The molecular weight excluding hydrogens is 262 g/mol. The maximum Gasteiger partial charge on any atom is 0.122 e. The Morgan fingerprint density at radius 3 is 2.84 bits per heavy atom. The van der Waals surface area contributed by atoms with E-state index < -0.39 is 6.10 Å². The van der Waals surface area contributed by atoms with Gasteiger partial charge in [-0.15, -0.1) is 0 Å². The van der Waals surface area contributed by atoms with E-state index in [1.54, 1.807) is 25.4 Å². The maximum atomic E-state index is 10.3. The molecule has 1 unspecified atom stereocenters. The zero-order valence-corrected chi connectivity index (χ0v) is 11.7. The molecule has 1 atom stereocenters. The molecule has 0 bridgehead atoms. The third kappa shape index (κ3) is 3.25. The first kappa shape index (κ1) is 13.8. The molecule has 1 aromatic carbocycles. The lowest BCUT2D eigenvalue weighted by Crippen LogP contribution is -2.07. The second-order valence-electron chi connectivity index (χ2n) is 4.38. The topological polar surface area (TPSA) is 42.4 Å². The van der Waals surface area contributed by atoms with Crippen molar-refractivity contribution in [2.45, 2.75) is 19.4 Å². The largest absolute Gasteiger partial charge is 0.496 e. The lowest BCUT2D eigenvalue weighted by atomic mass is 10.0. The first-order chi connectivity index (χ1) is 9.11. The lowest BCUT2D eigenvalue weighted by Gasteiger charge is -2.15. The van der Waals surface area contributed by atoms with Crippen LogP contribution in [-0.2, 0) is 6.42 Å². The Kier molecular flexibility index (Phi) is 4.40. The van der Waals surface area contributed by atoms with E-state index in [1.165, 1.54) is 0 Å². The summed E-state index contributed by atoms with van der Waals surface area (Å²) in [6.45, 7) is 1.93. The molecule has 3 nitrogen and oxygen atoms in total. The smallest absolute Gasteiger partial charge is 0.122 e. The van der Waals surface area contributed by atoms with Gasteiger partial charge in [-0.2, -0.15) is 0 Å². The van der Waals surface area contributed by atoms with Crippen molar-refractivity contribution in [3.63, 3.8) is 0 Å². The Hall–Kier alpha value is -1.58. The van der Waals surface area contributed by atoms with Crippen LogP contribution >= 0.6 is 11.6 Å². The molecular formula is C15H16ClNO2. The minimum atomic E-state index is -0.673. The highest BCUT2D eigenvalue weighted by Gasteiger charge is 2.15. The molecule has 0 fully saturated rings.